The number of ether oxygens (including phenoxy) is 4. The Balaban J connectivity index is 1.48. The number of hydrogen-bond acceptors (Lipinski definition) is 8. The van der Waals surface area contributed by atoms with E-state index < -0.39 is 5.97 Å². The van der Waals surface area contributed by atoms with Crippen LogP contribution in [-0.4, -0.2) is 92.3 Å². The summed E-state index contributed by atoms with van der Waals surface area (Å²) in [5.74, 6) is -0.944. The molecule has 0 radical (unpaired) electrons. The Morgan fingerprint density at radius 3 is 1.77 bits per heavy atom. The minimum atomic E-state index is -0.944. The Labute approximate surface area is 293 Å². The second-order valence-electron chi connectivity index (χ2n) is 14.0. The molecule has 0 saturated carbocycles. The number of carboxylic acids is 1. The second-order valence-corrected chi connectivity index (χ2v) is 14.0. The van der Waals surface area contributed by atoms with Gasteiger partial charge in [-0.2, -0.15) is 0 Å². The molecule has 9 heteroatoms. The number of quaternary nitrogens is 1. The number of carboxylic acid groups (broad SMARTS) is 1. The summed E-state index contributed by atoms with van der Waals surface area (Å²) >= 11 is 0. The van der Waals surface area contributed by atoms with Gasteiger partial charge in [0.15, 0.2) is 0 Å². The standard InChI is InChI=1S/C39H71N3O6/c1-2-3-4-5-6-7-8-9-10-11-12-13-14-15-16-22-31-46-35-37(48-39-40-25-23-26-41-39)36-47-34-33-45-32-30-42(28-20-21-29-42)27-19-17-18-24-38(43)44/h23,25-26,37H,2-22,24,27-36H2,1H3/t37-/m0/s1. The van der Waals surface area contributed by atoms with E-state index in [4.69, 9.17) is 18.9 Å². The van der Waals surface area contributed by atoms with Gasteiger partial charge in [0.1, 0.15) is 12.6 Å². The summed E-state index contributed by atoms with van der Waals surface area (Å²) in [7, 11) is 0. The van der Waals surface area contributed by atoms with Gasteiger partial charge in [-0.3, -0.25) is 0 Å². The topological polar surface area (TPSA) is 103 Å². The molecule has 1 aliphatic rings. The van der Waals surface area contributed by atoms with Gasteiger partial charge in [0.05, 0.1) is 52.7 Å². The highest BCUT2D eigenvalue weighted by Crippen LogP contribution is 2.21. The highest BCUT2D eigenvalue weighted by Gasteiger charge is 2.30. The SMILES string of the molecule is CCCCCCCCCCCCCCCCCCOC[C@@H](COCCOCC[N+]1(CCCCCC(=O)[O-])CCCC1)Oc1ncccn1. The smallest absolute Gasteiger partial charge is 0.316 e. The number of carbonyl (C=O) groups is 1. The maximum absolute atomic E-state index is 10.7. The normalized spacial score (nSPS) is 14.8. The van der Waals surface area contributed by atoms with Crippen molar-refractivity contribution in [3.63, 3.8) is 0 Å². The lowest BCUT2D eigenvalue weighted by Gasteiger charge is -2.34. The molecule has 0 amide bonds. The van der Waals surface area contributed by atoms with E-state index in [0.29, 0.717) is 45.5 Å². The van der Waals surface area contributed by atoms with E-state index in [1.54, 1.807) is 18.5 Å². The van der Waals surface area contributed by atoms with Crippen molar-refractivity contribution in [2.45, 2.75) is 154 Å². The zero-order valence-electron chi connectivity index (χ0n) is 30.7. The Morgan fingerprint density at radius 2 is 1.19 bits per heavy atom. The molecule has 0 unspecified atom stereocenters. The fourth-order valence-electron chi connectivity index (χ4n) is 6.73. The van der Waals surface area contributed by atoms with Gasteiger partial charge in [-0.05, 0) is 38.2 Å². The van der Waals surface area contributed by atoms with E-state index >= 15 is 0 Å². The molecule has 1 aromatic heterocycles. The molecular formula is C39H71N3O6. The van der Waals surface area contributed by atoms with Crippen LogP contribution in [0, 0.1) is 0 Å². The molecule has 0 spiro atoms. The molecule has 0 aromatic carbocycles. The lowest BCUT2D eigenvalue weighted by molar-refractivity contribution is -0.917. The number of aromatic nitrogens is 2. The van der Waals surface area contributed by atoms with E-state index in [1.807, 2.05) is 0 Å². The van der Waals surface area contributed by atoms with Gasteiger partial charge in [-0.1, -0.05) is 103 Å². The number of aliphatic carboxylic acids is 1. The number of likely N-dealkylation sites (tertiary alicyclic amines) is 1. The third-order valence-electron chi connectivity index (χ3n) is 9.67. The van der Waals surface area contributed by atoms with E-state index in [-0.39, 0.29) is 12.5 Å². The summed E-state index contributed by atoms with van der Waals surface area (Å²) in [6, 6.07) is 2.11. The summed E-state index contributed by atoms with van der Waals surface area (Å²) in [4.78, 5) is 19.1. The van der Waals surface area contributed by atoms with Crippen molar-refractivity contribution in [3.05, 3.63) is 18.5 Å². The third kappa shape index (κ3) is 23.5. The molecule has 1 aromatic rings. The van der Waals surface area contributed by atoms with Crippen LogP contribution >= 0.6 is 0 Å². The van der Waals surface area contributed by atoms with Crippen molar-refractivity contribution in [2.24, 2.45) is 0 Å². The van der Waals surface area contributed by atoms with Gasteiger partial charge >= 0.3 is 6.01 Å². The minimum Gasteiger partial charge on any atom is -0.550 e. The van der Waals surface area contributed by atoms with Crippen LogP contribution in [0.25, 0.3) is 0 Å². The Kier molecular flexibility index (Phi) is 26.5. The number of unbranched alkanes of at least 4 members (excludes halogenated alkanes) is 17. The minimum absolute atomic E-state index is 0.166. The molecule has 2 heterocycles. The van der Waals surface area contributed by atoms with Gasteiger partial charge in [0.2, 0.25) is 0 Å². The van der Waals surface area contributed by atoms with E-state index in [0.717, 1.165) is 43.4 Å². The van der Waals surface area contributed by atoms with Crippen LogP contribution in [0.5, 0.6) is 6.01 Å². The summed E-state index contributed by atoms with van der Waals surface area (Å²) in [5, 5.41) is 10.7. The molecule has 1 aliphatic heterocycles. The fraction of sp³-hybridized carbons (Fsp3) is 0.872. The second kappa shape index (κ2) is 30.1. The predicted molar refractivity (Wildman–Crippen MR) is 191 cm³/mol. The quantitative estimate of drug-likeness (QED) is 0.0539. The first-order chi connectivity index (χ1) is 23.6. The third-order valence-corrected chi connectivity index (χ3v) is 9.67. The molecule has 48 heavy (non-hydrogen) atoms. The van der Waals surface area contributed by atoms with Crippen LogP contribution in [0.1, 0.15) is 148 Å². The first-order valence-electron chi connectivity index (χ1n) is 19.9. The average Bonchev–Trinajstić information content (AvgIpc) is 3.56. The van der Waals surface area contributed by atoms with Crippen molar-refractivity contribution >= 4 is 5.97 Å². The largest absolute Gasteiger partial charge is 0.550 e. The molecule has 0 N–H and O–H groups in total. The number of hydrogen-bond donors (Lipinski definition) is 0. The maximum atomic E-state index is 10.7. The van der Waals surface area contributed by atoms with Crippen LogP contribution in [0.2, 0.25) is 0 Å². The summed E-state index contributed by atoms with van der Waals surface area (Å²) in [5.41, 5.74) is 0. The number of nitrogens with zero attached hydrogens (tertiary/aromatic N) is 3. The molecule has 0 bridgehead atoms. The van der Waals surface area contributed by atoms with Crippen LogP contribution in [0.4, 0.5) is 0 Å². The van der Waals surface area contributed by atoms with E-state index in [2.05, 4.69) is 16.9 Å². The maximum Gasteiger partial charge on any atom is 0.316 e. The van der Waals surface area contributed by atoms with Gasteiger partial charge in [0, 0.05) is 37.8 Å². The van der Waals surface area contributed by atoms with E-state index in [1.165, 1.54) is 122 Å². The highest BCUT2D eigenvalue weighted by atomic mass is 16.6. The first kappa shape index (κ1) is 42.4. The number of rotatable bonds is 35. The van der Waals surface area contributed by atoms with E-state index in [9.17, 15) is 9.90 Å². The Morgan fingerprint density at radius 1 is 0.667 bits per heavy atom. The molecule has 9 nitrogen and oxygen atoms in total. The van der Waals surface area contributed by atoms with Gasteiger partial charge in [-0.25, -0.2) is 9.97 Å². The van der Waals surface area contributed by atoms with Crippen LogP contribution in [-0.2, 0) is 19.0 Å². The summed E-state index contributed by atoms with van der Waals surface area (Å²) in [6.07, 6.45) is 30.3. The fourth-order valence-corrected chi connectivity index (χ4v) is 6.73. The van der Waals surface area contributed by atoms with Crippen molar-refractivity contribution in [3.8, 4) is 6.01 Å². The average molecular weight is 678 g/mol. The van der Waals surface area contributed by atoms with Gasteiger partial charge in [0.25, 0.3) is 0 Å². The molecule has 1 atom stereocenters. The van der Waals surface area contributed by atoms with Crippen molar-refractivity contribution < 1.29 is 33.3 Å². The predicted octanol–water partition coefficient (Wildman–Crippen LogP) is 7.46. The van der Waals surface area contributed by atoms with Crippen molar-refractivity contribution in [1.82, 2.24) is 9.97 Å². The monoisotopic (exact) mass is 678 g/mol. The lowest BCUT2D eigenvalue weighted by Crippen LogP contribution is -2.48. The van der Waals surface area contributed by atoms with Crippen molar-refractivity contribution in [1.29, 1.82) is 0 Å². The molecule has 0 aliphatic carbocycles. The number of carbonyl (C=O) groups excluding carboxylic acids is 1. The van der Waals surface area contributed by atoms with Crippen LogP contribution in [0.15, 0.2) is 18.5 Å². The molecular weight excluding hydrogens is 606 g/mol. The summed E-state index contributed by atoms with van der Waals surface area (Å²) < 4.78 is 24.9. The van der Waals surface area contributed by atoms with Crippen LogP contribution in [0.3, 0.4) is 0 Å². The van der Waals surface area contributed by atoms with Gasteiger partial charge in [-0.15, -0.1) is 0 Å². The highest BCUT2D eigenvalue weighted by molar-refractivity contribution is 5.64. The molecule has 1 fully saturated rings. The summed E-state index contributed by atoms with van der Waals surface area (Å²) in [6.45, 7) is 10.1. The zero-order valence-corrected chi connectivity index (χ0v) is 30.7. The molecule has 2 rings (SSSR count). The van der Waals surface area contributed by atoms with Gasteiger partial charge < -0.3 is 33.3 Å². The van der Waals surface area contributed by atoms with Crippen LogP contribution < -0.4 is 9.84 Å². The van der Waals surface area contributed by atoms with Crippen molar-refractivity contribution in [2.75, 3.05) is 65.8 Å². The first-order valence-corrected chi connectivity index (χ1v) is 19.9. The molecule has 278 valence electrons. The molecule has 1 saturated heterocycles. The Hall–Kier alpha value is -1.81. The lowest BCUT2D eigenvalue weighted by atomic mass is 10.0. The Bertz CT molecular complexity index is 855. The zero-order chi connectivity index (χ0) is 34.2.